The van der Waals surface area contributed by atoms with Crippen LogP contribution in [0.2, 0.25) is 5.02 Å². The summed E-state index contributed by atoms with van der Waals surface area (Å²) in [5.74, 6) is 0.380. The van der Waals surface area contributed by atoms with Crippen LogP contribution in [0.5, 0.6) is 11.5 Å². The maximum atomic E-state index is 10.7. The van der Waals surface area contributed by atoms with Crippen molar-refractivity contribution in [2.24, 2.45) is 0 Å². The van der Waals surface area contributed by atoms with E-state index in [2.05, 4.69) is 0 Å². The summed E-state index contributed by atoms with van der Waals surface area (Å²) in [6.07, 6.45) is 3.38. The van der Waals surface area contributed by atoms with Gasteiger partial charge in [0, 0.05) is 11.6 Å². The van der Waals surface area contributed by atoms with E-state index in [-0.39, 0.29) is 6.42 Å². The highest BCUT2D eigenvalue weighted by molar-refractivity contribution is 6.32. The number of carboxylic acids is 1. The molecule has 1 aromatic carbocycles. The summed E-state index contributed by atoms with van der Waals surface area (Å²) < 4.78 is 11.4. The third-order valence-electron chi connectivity index (χ3n) is 2.97. The van der Waals surface area contributed by atoms with Gasteiger partial charge in [-0.3, -0.25) is 4.79 Å². The van der Waals surface area contributed by atoms with Gasteiger partial charge in [0.05, 0.1) is 24.7 Å². The maximum Gasteiger partial charge on any atom is 0.307 e. The van der Waals surface area contributed by atoms with Crippen LogP contribution in [0.15, 0.2) is 18.2 Å². The Morgan fingerprint density at radius 2 is 1.77 bits per heavy atom. The molecule has 0 fully saturated rings. The molecule has 0 saturated carbocycles. The second-order valence-electron chi connectivity index (χ2n) is 4.96. The summed E-state index contributed by atoms with van der Waals surface area (Å²) in [6.45, 7) is 7.06. The number of carbonyl (C=O) groups is 1. The smallest absolute Gasteiger partial charge is 0.307 e. The summed E-state index contributed by atoms with van der Waals surface area (Å²) in [5.41, 5.74) is 1.61. The highest BCUT2D eigenvalue weighted by Crippen LogP contribution is 2.36. The molecule has 0 aliphatic rings. The first kappa shape index (κ1) is 18.4. The molecule has 0 amide bonds. The summed E-state index contributed by atoms with van der Waals surface area (Å²) >= 11 is 6.25. The summed E-state index contributed by atoms with van der Waals surface area (Å²) in [4.78, 5) is 10.7. The van der Waals surface area contributed by atoms with Crippen LogP contribution in [0.3, 0.4) is 0 Å². The Hall–Kier alpha value is -1.68. The molecule has 0 saturated heterocycles. The maximum absolute atomic E-state index is 10.7. The van der Waals surface area contributed by atoms with Crippen LogP contribution < -0.4 is 9.47 Å². The average molecular weight is 327 g/mol. The third-order valence-corrected chi connectivity index (χ3v) is 3.26. The monoisotopic (exact) mass is 326 g/mol. The first-order valence-corrected chi connectivity index (χ1v) is 7.85. The fraction of sp³-hybridized carbons (Fsp3) is 0.471. The fourth-order valence-electron chi connectivity index (χ4n) is 1.85. The van der Waals surface area contributed by atoms with Gasteiger partial charge in [0.1, 0.15) is 11.5 Å². The lowest BCUT2D eigenvalue weighted by Crippen LogP contribution is -2.01. The van der Waals surface area contributed by atoms with Gasteiger partial charge in [0.15, 0.2) is 0 Å². The van der Waals surface area contributed by atoms with Gasteiger partial charge in [-0.15, -0.1) is 0 Å². The van der Waals surface area contributed by atoms with Crippen LogP contribution in [-0.4, -0.2) is 24.3 Å². The average Bonchev–Trinajstić information content (AvgIpc) is 2.49. The number of hydrogen-bond donors (Lipinski definition) is 1. The van der Waals surface area contributed by atoms with Gasteiger partial charge in [-0.05, 0) is 31.4 Å². The molecule has 0 aromatic heterocycles. The number of ether oxygens (including phenoxy) is 2. The normalized spacial score (nSPS) is 11.4. The van der Waals surface area contributed by atoms with E-state index in [1.807, 2.05) is 20.8 Å². The van der Waals surface area contributed by atoms with Crippen molar-refractivity contribution in [2.75, 3.05) is 13.2 Å². The van der Waals surface area contributed by atoms with Crippen molar-refractivity contribution in [1.82, 2.24) is 0 Å². The topological polar surface area (TPSA) is 55.8 Å². The van der Waals surface area contributed by atoms with Gasteiger partial charge in [-0.1, -0.05) is 31.5 Å². The molecule has 1 N–H and O–H groups in total. The molecule has 0 aliphatic carbocycles. The van der Waals surface area contributed by atoms with Crippen LogP contribution in [0, 0.1) is 0 Å². The molecule has 0 heterocycles. The number of benzene rings is 1. The van der Waals surface area contributed by atoms with E-state index in [1.165, 1.54) is 0 Å². The Morgan fingerprint density at radius 1 is 1.18 bits per heavy atom. The van der Waals surface area contributed by atoms with Crippen molar-refractivity contribution in [3.8, 4) is 11.5 Å². The van der Waals surface area contributed by atoms with Crippen LogP contribution in [0.25, 0.3) is 5.57 Å². The van der Waals surface area contributed by atoms with E-state index in [0.717, 1.165) is 24.0 Å². The number of allylic oxidation sites excluding steroid dienone is 1. The first-order chi connectivity index (χ1) is 10.5. The molecule has 0 spiro atoms. The number of carboxylic acid groups (broad SMARTS) is 1. The Kier molecular flexibility index (Phi) is 7.82. The van der Waals surface area contributed by atoms with E-state index >= 15 is 0 Å². The highest BCUT2D eigenvalue weighted by Gasteiger charge is 2.13. The first-order valence-electron chi connectivity index (χ1n) is 7.47. The lowest BCUT2D eigenvalue weighted by Gasteiger charge is -2.15. The lowest BCUT2D eigenvalue weighted by molar-refractivity contribution is -0.135. The molecule has 1 rings (SSSR count). The number of halogens is 1. The van der Waals surface area contributed by atoms with Gasteiger partial charge >= 0.3 is 5.97 Å². The predicted octanol–water partition coefficient (Wildman–Crippen LogP) is 4.80. The summed E-state index contributed by atoms with van der Waals surface area (Å²) in [6, 6.07) is 3.55. The SMILES string of the molecule is CCCOc1cc(OCCC)c(/C(C)=C/CC(=O)O)cc1Cl. The third kappa shape index (κ3) is 5.60. The van der Waals surface area contributed by atoms with Crippen molar-refractivity contribution < 1.29 is 19.4 Å². The van der Waals surface area contributed by atoms with Gasteiger partial charge < -0.3 is 14.6 Å². The molecule has 4 nitrogen and oxygen atoms in total. The van der Waals surface area contributed by atoms with Crippen molar-refractivity contribution in [3.05, 3.63) is 28.8 Å². The molecule has 5 heteroatoms. The van der Waals surface area contributed by atoms with Crippen LogP contribution >= 0.6 is 11.6 Å². The second-order valence-corrected chi connectivity index (χ2v) is 5.37. The van der Waals surface area contributed by atoms with E-state index in [4.69, 9.17) is 26.2 Å². The van der Waals surface area contributed by atoms with Gasteiger partial charge in [-0.25, -0.2) is 0 Å². The summed E-state index contributed by atoms with van der Waals surface area (Å²) in [5, 5.41) is 9.29. The zero-order chi connectivity index (χ0) is 16.5. The lowest BCUT2D eigenvalue weighted by atomic mass is 10.0. The zero-order valence-electron chi connectivity index (χ0n) is 13.3. The van der Waals surface area contributed by atoms with Crippen molar-refractivity contribution >= 4 is 23.1 Å². The Labute approximate surface area is 136 Å². The van der Waals surface area contributed by atoms with Crippen molar-refractivity contribution in [3.63, 3.8) is 0 Å². The quantitative estimate of drug-likeness (QED) is 0.708. The van der Waals surface area contributed by atoms with Gasteiger partial charge in [-0.2, -0.15) is 0 Å². The van der Waals surface area contributed by atoms with Gasteiger partial charge in [0.2, 0.25) is 0 Å². The molecule has 122 valence electrons. The van der Waals surface area contributed by atoms with Crippen LogP contribution in [0.4, 0.5) is 0 Å². The van der Waals surface area contributed by atoms with Crippen molar-refractivity contribution in [1.29, 1.82) is 0 Å². The molecular weight excluding hydrogens is 304 g/mol. The number of rotatable bonds is 9. The van der Waals surface area contributed by atoms with Crippen LogP contribution in [0.1, 0.15) is 45.6 Å². The molecule has 0 bridgehead atoms. The largest absolute Gasteiger partial charge is 0.493 e. The molecule has 22 heavy (non-hydrogen) atoms. The molecule has 0 aliphatic heterocycles. The fourth-order valence-corrected chi connectivity index (χ4v) is 2.07. The van der Waals surface area contributed by atoms with Crippen molar-refractivity contribution in [2.45, 2.75) is 40.0 Å². The van der Waals surface area contributed by atoms with E-state index in [1.54, 1.807) is 18.2 Å². The highest BCUT2D eigenvalue weighted by atomic mass is 35.5. The van der Waals surface area contributed by atoms with E-state index < -0.39 is 5.97 Å². The minimum Gasteiger partial charge on any atom is -0.493 e. The molecule has 0 radical (unpaired) electrons. The standard InChI is InChI=1S/C17H23ClO4/c1-4-8-21-15-11-16(22-9-5-2)14(18)10-13(15)12(3)6-7-17(19)20/h6,10-11H,4-5,7-9H2,1-3H3,(H,19,20)/b12-6+. The molecule has 0 unspecified atom stereocenters. The Bertz CT molecular complexity index is 538. The summed E-state index contributed by atoms with van der Waals surface area (Å²) in [7, 11) is 0. The number of aliphatic carboxylic acids is 1. The minimum atomic E-state index is -0.871. The molecular formula is C17H23ClO4. The van der Waals surface area contributed by atoms with Crippen LogP contribution in [-0.2, 0) is 4.79 Å². The molecule has 0 atom stereocenters. The van der Waals surface area contributed by atoms with Gasteiger partial charge in [0.25, 0.3) is 0 Å². The minimum absolute atomic E-state index is 0.0369. The molecule has 1 aromatic rings. The Balaban J connectivity index is 3.14. The second kappa shape index (κ2) is 9.36. The van der Waals surface area contributed by atoms with E-state index in [0.29, 0.717) is 29.7 Å². The number of hydrogen-bond acceptors (Lipinski definition) is 3. The Morgan fingerprint density at radius 3 is 2.32 bits per heavy atom. The zero-order valence-corrected chi connectivity index (χ0v) is 14.1. The predicted molar refractivity (Wildman–Crippen MR) is 88.9 cm³/mol. The van der Waals surface area contributed by atoms with E-state index in [9.17, 15) is 4.79 Å².